The van der Waals surface area contributed by atoms with E-state index < -0.39 is 28.5 Å². The number of aryl methyl sites for hydroxylation is 1. The van der Waals surface area contributed by atoms with Crippen molar-refractivity contribution in [3.05, 3.63) is 58.6 Å². The lowest BCUT2D eigenvalue weighted by molar-refractivity contribution is -0.139. The zero-order valence-electron chi connectivity index (χ0n) is 20.3. The van der Waals surface area contributed by atoms with Crippen LogP contribution in [0, 0.1) is 6.92 Å². The van der Waals surface area contributed by atoms with Crippen LogP contribution in [0.25, 0.3) is 0 Å². The minimum atomic E-state index is -3.85. The van der Waals surface area contributed by atoms with Crippen LogP contribution in [0.15, 0.2) is 42.5 Å². The van der Waals surface area contributed by atoms with Crippen molar-refractivity contribution in [3.63, 3.8) is 0 Å². The molecular weight excluding hydrogens is 478 g/mol. The van der Waals surface area contributed by atoms with Crippen molar-refractivity contribution < 1.29 is 22.7 Å². The quantitative estimate of drug-likeness (QED) is 0.529. The third-order valence-corrected chi connectivity index (χ3v) is 6.53. The van der Waals surface area contributed by atoms with Crippen LogP contribution in [-0.2, 0) is 26.2 Å². The van der Waals surface area contributed by atoms with Crippen LogP contribution < -0.4 is 14.4 Å². The highest BCUT2D eigenvalue weighted by Gasteiger charge is 2.31. The van der Waals surface area contributed by atoms with Gasteiger partial charge in [0, 0.05) is 17.6 Å². The molecule has 10 heteroatoms. The summed E-state index contributed by atoms with van der Waals surface area (Å²) < 4.78 is 31.8. The van der Waals surface area contributed by atoms with Gasteiger partial charge in [0.15, 0.2) is 0 Å². The van der Waals surface area contributed by atoms with Gasteiger partial charge in [-0.3, -0.25) is 13.9 Å². The van der Waals surface area contributed by atoms with Gasteiger partial charge in [-0.05, 0) is 63.1 Å². The number of nitrogens with zero attached hydrogens (tertiary/aromatic N) is 2. The summed E-state index contributed by atoms with van der Waals surface area (Å²) in [6.07, 6.45) is 1.03. The number of ether oxygens (including phenoxy) is 1. The first-order chi connectivity index (χ1) is 15.8. The number of nitrogens with one attached hydrogen (secondary N) is 1. The summed E-state index contributed by atoms with van der Waals surface area (Å²) in [6, 6.07) is 11.0. The molecule has 0 aliphatic heterocycles. The van der Waals surface area contributed by atoms with Gasteiger partial charge in [0.05, 0.1) is 19.1 Å². The minimum Gasteiger partial charge on any atom is -0.495 e. The number of hydrogen-bond acceptors (Lipinski definition) is 5. The molecule has 1 atom stereocenters. The second kappa shape index (κ2) is 11.6. The van der Waals surface area contributed by atoms with Crippen molar-refractivity contribution in [1.82, 2.24) is 10.2 Å². The van der Waals surface area contributed by atoms with Gasteiger partial charge in [0.2, 0.25) is 21.8 Å². The van der Waals surface area contributed by atoms with E-state index in [1.165, 1.54) is 12.0 Å². The number of hydrogen-bond donors (Lipinski definition) is 1. The Hall–Kier alpha value is -2.78. The molecule has 2 rings (SSSR count). The highest BCUT2D eigenvalue weighted by Crippen LogP contribution is 2.31. The third kappa shape index (κ3) is 7.36. The number of sulfonamides is 1. The number of carbonyl (C=O) groups is 2. The molecule has 0 fully saturated rings. The van der Waals surface area contributed by atoms with Crippen molar-refractivity contribution in [2.75, 3.05) is 24.2 Å². The lowest BCUT2D eigenvalue weighted by Crippen LogP contribution is -2.52. The van der Waals surface area contributed by atoms with Crippen LogP contribution in [0.4, 0.5) is 5.69 Å². The van der Waals surface area contributed by atoms with Crippen molar-refractivity contribution in [1.29, 1.82) is 0 Å². The molecule has 34 heavy (non-hydrogen) atoms. The molecule has 0 bridgehead atoms. The van der Waals surface area contributed by atoms with Crippen LogP contribution in [0.3, 0.4) is 0 Å². The van der Waals surface area contributed by atoms with Gasteiger partial charge in [0.1, 0.15) is 18.3 Å². The van der Waals surface area contributed by atoms with E-state index in [2.05, 4.69) is 5.32 Å². The van der Waals surface area contributed by atoms with Crippen molar-refractivity contribution in [3.8, 4) is 5.75 Å². The van der Waals surface area contributed by atoms with Gasteiger partial charge in [-0.1, -0.05) is 29.8 Å². The molecule has 2 amide bonds. The average Bonchev–Trinajstić information content (AvgIpc) is 2.75. The lowest BCUT2D eigenvalue weighted by atomic mass is 10.1. The zero-order chi connectivity index (χ0) is 25.6. The van der Waals surface area contributed by atoms with Crippen molar-refractivity contribution >= 4 is 39.1 Å². The Morgan fingerprint density at radius 1 is 1.09 bits per heavy atom. The Bertz CT molecular complexity index is 1120. The molecule has 2 aromatic carbocycles. The van der Waals surface area contributed by atoms with E-state index in [9.17, 15) is 18.0 Å². The SMILES string of the molecule is COc1ccc(C)cc1N(CC(=O)N(Cc1ccc(Cl)cc1)[C@H](C)C(=O)NC(C)C)S(C)(=O)=O. The molecule has 0 unspecified atom stereocenters. The van der Waals surface area contributed by atoms with E-state index >= 15 is 0 Å². The van der Waals surface area contributed by atoms with E-state index in [0.29, 0.717) is 10.8 Å². The first kappa shape index (κ1) is 27.5. The molecule has 0 saturated heterocycles. The minimum absolute atomic E-state index is 0.102. The lowest BCUT2D eigenvalue weighted by Gasteiger charge is -2.32. The van der Waals surface area contributed by atoms with Gasteiger partial charge in [-0.15, -0.1) is 0 Å². The fourth-order valence-corrected chi connectivity index (χ4v) is 4.33. The van der Waals surface area contributed by atoms with E-state index in [4.69, 9.17) is 16.3 Å². The summed E-state index contributed by atoms with van der Waals surface area (Å²) in [7, 11) is -2.42. The highest BCUT2D eigenvalue weighted by molar-refractivity contribution is 7.92. The molecule has 186 valence electrons. The Kier molecular flexibility index (Phi) is 9.35. The van der Waals surface area contributed by atoms with Gasteiger partial charge in [-0.2, -0.15) is 0 Å². The zero-order valence-corrected chi connectivity index (χ0v) is 21.9. The second-order valence-corrected chi connectivity index (χ2v) is 10.8. The summed E-state index contributed by atoms with van der Waals surface area (Å²) in [5.74, 6) is -0.551. The Balaban J connectivity index is 2.45. The Morgan fingerprint density at radius 2 is 1.71 bits per heavy atom. The first-order valence-electron chi connectivity index (χ1n) is 10.8. The number of anilines is 1. The molecule has 0 heterocycles. The molecule has 8 nitrogen and oxygen atoms in total. The monoisotopic (exact) mass is 509 g/mol. The molecule has 0 spiro atoms. The predicted octanol–water partition coefficient (Wildman–Crippen LogP) is 3.36. The fraction of sp³-hybridized carbons (Fsp3) is 0.417. The van der Waals surface area contributed by atoms with Crippen molar-refractivity contribution in [2.45, 2.75) is 46.3 Å². The molecule has 0 aliphatic rings. The molecule has 0 aliphatic carbocycles. The number of amides is 2. The summed E-state index contributed by atoms with van der Waals surface area (Å²) in [5.41, 5.74) is 1.81. The van der Waals surface area contributed by atoms with Gasteiger partial charge in [-0.25, -0.2) is 8.42 Å². The van der Waals surface area contributed by atoms with Gasteiger partial charge < -0.3 is 15.0 Å². The number of rotatable bonds is 10. The highest BCUT2D eigenvalue weighted by atomic mass is 35.5. The topological polar surface area (TPSA) is 96.0 Å². The first-order valence-corrected chi connectivity index (χ1v) is 13.0. The third-order valence-electron chi connectivity index (χ3n) is 5.15. The average molecular weight is 510 g/mol. The molecule has 0 aromatic heterocycles. The van der Waals surface area contributed by atoms with Crippen LogP contribution >= 0.6 is 11.6 Å². The standard InChI is InChI=1S/C24H32ClN3O5S/c1-16(2)26-24(30)18(4)27(14-19-8-10-20(25)11-9-19)23(29)15-28(34(6,31)32)21-13-17(3)7-12-22(21)33-5/h7-13,16,18H,14-15H2,1-6H3,(H,26,30)/t18-/m1/s1. The van der Waals surface area contributed by atoms with Gasteiger partial charge >= 0.3 is 0 Å². The molecular formula is C24H32ClN3O5S. The number of methoxy groups -OCH3 is 1. The van der Waals surface area contributed by atoms with Crippen LogP contribution in [0.1, 0.15) is 31.9 Å². The fourth-order valence-electron chi connectivity index (χ4n) is 3.36. The number of carbonyl (C=O) groups excluding carboxylic acids is 2. The van der Waals surface area contributed by atoms with Crippen molar-refractivity contribution in [2.24, 2.45) is 0 Å². The molecule has 2 aromatic rings. The van der Waals surface area contributed by atoms with E-state index in [1.807, 2.05) is 20.8 Å². The summed E-state index contributed by atoms with van der Waals surface area (Å²) in [5, 5.41) is 3.35. The van der Waals surface area contributed by atoms with E-state index in [0.717, 1.165) is 21.7 Å². The Morgan fingerprint density at radius 3 is 2.24 bits per heavy atom. The van der Waals surface area contributed by atoms with Gasteiger partial charge in [0.25, 0.3) is 0 Å². The summed E-state index contributed by atoms with van der Waals surface area (Å²) in [6.45, 7) is 6.69. The maximum absolute atomic E-state index is 13.5. The largest absolute Gasteiger partial charge is 0.495 e. The van der Waals surface area contributed by atoms with Crippen LogP contribution in [0.5, 0.6) is 5.75 Å². The maximum atomic E-state index is 13.5. The maximum Gasteiger partial charge on any atom is 0.244 e. The smallest absolute Gasteiger partial charge is 0.244 e. The second-order valence-electron chi connectivity index (χ2n) is 8.43. The van der Waals surface area contributed by atoms with E-state index in [1.54, 1.807) is 49.4 Å². The van der Waals surface area contributed by atoms with Crippen LogP contribution in [-0.4, -0.2) is 57.1 Å². The van der Waals surface area contributed by atoms with E-state index in [-0.39, 0.29) is 24.2 Å². The normalized spacial score (nSPS) is 12.2. The molecule has 1 N–H and O–H groups in total. The molecule has 0 radical (unpaired) electrons. The Labute approximate surface area is 206 Å². The summed E-state index contributed by atoms with van der Waals surface area (Å²) in [4.78, 5) is 27.7. The van der Waals surface area contributed by atoms with Crippen LogP contribution in [0.2, 0.25) is 5.02 Å². The summed E-state index contributed by atoms with van der Waals surface area (Å²) >= 11 is 5.98. The predicted molar refractivity (Wildman–Crippen MR) is 135 cm³/mol. The number of benzene rings is 2. The number of halogens is 1. The molecule has 0 saturated carbocycles.